The van der Waals surface area contributed by atoms with Gasteiger partial charge in [-0.25, -0.2) is 0 Å². The van der Waals surface area contributed by atoms with Crippen LogP contribution in [0.4, 0.5) is 0 Å². The molecule has 1 amide bonds. The molecule has 3 heteroatoms. The highest BCUT2D eigenvalue weighted by atomic mass is 16.1. The Kier molecular flexibility index (Phi) is 3.27. The zero-order valence-corrected chi connectivity index (χ0v) is 12.8. The zero-order chi connectivity index (χ0) is 15.7. The number of hydrogen-bond acceptors (Lipinski definition) is 1. The van der Waals surface area contributed by atoms with Gasteiger partial charge in [0.25, 0.3) is 5.91 Å². The molecule has 114 valence electrons. The maximum Gasteiger partial charge on any atom is 0.251 e. The molecule has 1 saturated carbocycles. The molecule has 0 unspecified atom stereocenters. The minimum atomic E-state index is -0.169. The Hall–Kier alpha value is -2.81. The molecule has 0 radical (unpaired) electrons. The van der Waals surface area contributed by atoms with Crippen molar-refractivity contribution in [2.24, 2.45) is 0 Å². The quantitative estimate of drug-likeness (QED) is 0.779. The molecule has 1 fully saturated rings. The summed E-state index contributed by atoms with van der Waals surface area (Å²) in [5.41, 5.74) is 2.77. The van der Waals surface area contributed by atoms with E-state index >= 15 is 0 Å². The van der Waals surface area contributed by atoms with Crippen LogP contribution >= 0.6 is 0 Å². The first-order valence-electron chi connectivity index (χ1n) is 7.88. The van der Waals surface area contributed by atoms with Crippen LogP contribution in [-0.4, -0.2) is 10.5 Å². The number of nitrogens with zero attached hydrogens (tertiary/aromatic N) is 1. The third-order valence-electron chi connectivity index (χ3n) is 4.46. The van der Waals surface area contributed by atoms with Gasteiger partial charge in [0, 0.05) is 23.6 Å². The summed E-state index contributed by atoms with van der Waals surface area (Å²) in [6.45, 7) is 0. The van der Waals surface area contributed by atoms with E-state index in [4.69, 9.17) is 0 Å². The lowest BCUT2D eigenvalue weighted by Crippen LogP contribution is -2.34. The molecule has 1 aliphatic carbocycles. The number of rotatable bonds is 4. The molecule has 3 nitrogen and oxygen atoms in total. The summed E-state index contributed by atoms with van der Waals surface area (Å²) in [5.74, 6) is -0.00888. The molecule has 23 heavy (non-hydrogen) atoms. The van der Waals surface area contributed by atoms with Crippen LogP contribution in [0.5, 0.6) is 0 Å². The van der Waals surface area contributed by atoms with E-state index in [1.54, 1.807) is 0 Å². The van der Waals surface area contributed by atoms with E-state index in [9.17, 15) is 4.79 Å². The first kappa shape index (κ1) is 13.8. The molecular formula is C20H18N2O. The van der Waals surface area contributed by atoms with E-state index in [-0.39, 0.29) is 11.4 Å². The highest BCUT2D eigenvalue weighted by Crippen LogP contribution is 2.45. The molecular weight excluding hydrogens is 284 g/mol. The molecule has 0 aliphatic heterocycles. The van der Waals surface area contributed by atoms with Crippen molar-refractivity contribution < 1.29 is 4.79 Å². The molecule has 0 bridgehead atoms. The summed E-state index contributed by atoms with van der Waals surface area (Å²) in [6.07, 6.45) is 5.99. The Morgan fingerprint density at radius 2 is 1.52 bits per heavy atom. The van der Waals surface area contributed by atoms with Crippen molar-refractivity contribution in [2.45, 2.75) is 18.4 Å². The summed E-state index contributed by atoms with van der Waals surface area (Å²) in [4.78, 5) is 12.6. The van der Waals surface area contributed by atoms with Gasteiger partial charge >= 0.3 is 0 Å². The fourth-order valence-corrected chi connectivity index (χ4v) is 2.95. The topological polar surface area (TPSA) is 34.0 Å². The van der Waals surface area contributed by atoms with Gasteiger partial charge in [-0.15, -0.1) is 0 Å². The predicted octanol–water partition coefficient (Wildman–Crippen LogP) is 3.90. The van der Waals surface area contributed by atoms with Crippen LogP contribution in [-0.2, 0) is 5.54 Å². The van der Waals surface area contributed by atoms with Crippen LogP contribution in [0.15, 0.2) is 79.1 Å². The molecule has 1 N–H and O–H groups in total. The Balaban J connectivity index is 1.52. The van der Waals surface area contributed by atoms with Crippen molar-refractivity contribution in [2.75, 3.05) is 0 Å². The lowest BCUT2D eigenvalue weighted by molar-refractivity contribution is 0.0931. The van der Waals surface area contributed by atoms with E-state index < -0.39 is 0 Å². The molecule has 1 aliphatic rings. The van der Waals surface area contributed by atoms with Gasteiger partial charge in [0.1, 0.15) is 0 Å². The Morgan fingerprint density at radius 3 is 2.13 bits per heavy atom. The Morgan fingerprint density at radius 1 is 0.870 bits per heavy atom. The van der Waals surface area contributed by atoms with Gasteiger partial charge in [-0.05, 0) is 54.8 Å². The first-order chi connectivity index (χ1) is 11.3. The minimum Gasteiger partial charge on any atom is -0.343 e. The highest BCUT2D eigenvalue weighted by Gasteiger charge is 2.45. The van der Waals surface area contributed by atoms with Crippen LogP contribution in [0.2, 0.25) is 0 Å². The van der Waals surface area contributed by atoms with Crippen LogP contribution in [0.25, 0.3) is 5.69 Å². The molecule has 1 aromatic heterocycles. The minimum absolute atomic E-state index is 0.00888. The fraction of sp³-hybridized carbons (Fsp3) is 0.150. The molecule has 1 heterocycles. The SMILES string of the molecule is O=C(NC1(c2ccccc2)CC1)c1ccc(-n2cccc2)cc1. The summed E-state index contributed by atoms with van der Waals surface area (Å²) >= 11 is 0. The average molecular weight is 302 g/mol. The number of hydrogen-bond donors (Lipinski definition) is 1. The fourth-order valence-electron chi connectivity index (χ4n) is 2.95. The number of amides is 1. The maximum atomic E-state index is 12.6. The third kappa shape index (κ3) is 2.66. The Bertz CT molecular complexity index is 801. The van der Waals surface area contributed by atoms with Crippen molar-refractivity contribution in [1.82, 2.24) is 9.88 Å². The van der Waals surface area contributed by atoms with Crippen LogP contribution in [0.1, 0.15) is 28.8 Å². The molecule has 0 spiro atoms. The van der Waals surface area contributed by atoms with Crippen molar-refractivity contribution in [1.29, 1.82) is 0 Å². The highest BCUT2D eigenvalue weighted by molar-refractivity contribution is 5.95. The van der Waals surface area contributed by atoms with Crippen molar-refractivity contribution in [3.63, 3.8) is 0 Å². The number of nitrogens with one attached hydrogen (secondary N) is 1. The average Bonchev–Trinajstić information content (AvgIpc) is 3.18. The zero-order valence-electron chi connectivity index (χ0n) is 12.8. The van der Waals surface area contributed by atoms with E-state index in [1.165, 1.54) is 5.56 Å². The molecule has 4 rings (SSSR count). The van der Waals surface area contributed by atoms with E-state index in [2.05, 4.69) is 17.4 Å². The van der Waals surface area contributed by atoms with Crippen molar-refractivity contribution in [3.8, 4) is 5.69 Å². The largest absolute Gasteiger partial charge is 0.343 e. The van der Waals surface area contributed by atoms with Gasteiger partial charge in [0.15, 0.2) is 0 Å². The summed E-state index contributed by atoms with van der Waals surface area (Å²) in [5, 5.41) is 3.21. The van der Waals surface area contributed by atoms with Gasteiger partial charge in [0.2, 0.25) is 0 Å². The normalized spacial score (nSPS) is 15.1. The molecule has 2 aromatic carbocycles. The number of benzene rings is 2. The van der Waals surface area contributed by atoms with Gasteiger partial charge in [0.05, 0.1) is 5.54 Å². The standard InChI is InChI=1S/C20H18N2O/c23-19(21-20(12-13-20)17-6-2-1-3-7-17)16-8-10-18(11-9-16)22-14-4-5-15-22/h1-11,14-15H,12-13H2,(H,21,23). The van der Waals surface area contributed by atoms with Crippen LogP contribution in [0.3, 0.4) is 0 Å². The first-order valence-corrected chi connectivity index (χ1v) is 7.88. The Labute approximate surface area is 135 Å². The number of carbonyl (C=O) groups is 1. The van der Waals surface area contributed by atoms with E-state index in [1.807, 2.05) is 71.6 Å². The van der Waals surface area contributed by atoms with Gasteiger partial charge in [-0.1, -0.05) is 30.3 Å². The van der Waals surface area contributed by atoms with E-state index in [0.717, 1.165) is 18.5 Å². The van der Waals surface area contributed by atoms with Crippen molar-refractivity contribution in [3.05, 3.63) is 90.3 Å². The number of carbonyl (C=O) groups excluding carboxylic acids is 1. The lowest BCUT2D eigenvalue weighted by atomic mass is 10.0. The molecule has 3 aromatic rings. The summed E-state index contributed by atoms with van der Waals surface area (Å²) < 4.78 is 2.02. The predicted molar refractivity (Wildman–Crippen MR) is 90.6 cm³/mol. The second-order valence-corrected chi connectivity index (χ2v) is 6.04. The van der Waals surface area contributed by atoms with Crippen LogP contribution in [0, 0.1) is 0 Å². The molecule has 0 saturated heterocycles. The number of aromatic nitrogens is 1. The molecule has 0 atom stereocenters. The maximum absolute atomic E-state index is 12.6. The van der Waals surface area contributed by atoms with Crippen molar-refractivity contribution >= 4 is 5.91 Å². The monoisotopic (exact) mass is 302 g/mol. The second-order valence-electron chi connectivity index (χ2n) is 6.04. The lowest BCUT2D eigenvalue weighted by Gasteiger charge is -2.18. The summed E-state index contributed by atoms with van der Waals surface area (Å²) in [7, 11) is 0. The van der Waals surface area contributed by atoms with E-state index in [0.29, 0.717) is 5.56 Å². The van der Waals surface area contributed by atoms with Gasteiger partial charge < -0.3 is 9.88 Å². The van der Waals surface area contributed by atoms with Crippen LogP contribution < -0.4 is 5.32 Å². The van der Waals surface area contributed by atoms with Gasteiger partial charge in [-0.2, -0.15) is 0 Å². The smallest absolute Gasteiger partial charge is 0.251 e. The third-order valence-corrected chi connectivity index (χ3v) is 4.46. The summed E-state index contributed by atoms with van der Waals surface area (Å²) in [6, 6.07) is 21.9. The second kappa shape index (κ2) is 5.43. The van der Waals surface area contributed by atoms with Gasteiger partial charge in [-0.3, -0.25) is 4.79 Å².